The lowest BCUT2D eigenvalue weighted by Gasteiger charge is -2.11. The van der Waals surface area contributed by atoms with E-state index in [-0.39, 0.29) is 18.0 Å². The van der Waals surface area contributed by atoms with Gasteiger partial charge in [-0.05, 0) is 43.2 Å². The van der Waals surface area contributed by atoms with Crippen LogP contribution < -0.4 is 10.9 Å². The van der Waals surface area contributed by atoms with Gasteiger partial charge >= 0.3 is 0 Å². The quantitative estimate of drug-likeness (QED) is 0.795. The Morgan fingerprint density at radius 1 is 1.21 bits per heavy atom. The molecule has 24 heavy (non-hydrogen) atoms. The monoisotopic (exact) mass is 341 g/mol. The third-order valence-corrected chi connectivity index (χ3v) is 4.32. The van der Waals surface area contributed by atoms with Crippen molar-refractivity contribution < 1.29 is 4.79 Å². The number of nitrogens with zero attached hydrogens (tertiary/aromatic N) is 2. The largest absolute Gasteiger partial charge is 0.324 e. The first-order valence-electron chi connectivity index (χ1n) is 7.47. The number of aryl methyl sites for hydroxylation is 1. The van der Waals surface area contributed by atoms with Crippen LogP contribution in [0.2, 0.25) is 5.02 Å². The number of fused-ring (bicyclic) bond motifs is 1. The van der Waals surface area contributed by atoms with Crippen LogP contribution in [0.1, 0.15) is 11.1 Å². The molecule has 2 aromatic carbocycles. The molecule has 1 heterocycles. The summed E-state index contributed by atoms with van der Waals surface area (Å²) < 4.78 is 1.30. The Morgan fingerprint density at radius 3 is 2.75 bits per heavy atom. The van der Waals surface area contributed by atoms with Gasteiger partial charge in [0.05, 0.1) is 17.2 Å². The van der Waals surface area contributed by atoms with Crippen LogP contribution in [0.4, 0.5) is 5.69 Å². The predicted molar refractivity (Wildman–Crippen MR) is 95.6 cm³/mol. The van der Waals surface area contributed by atoms with Crippen LogP contribution in [0.5, 0.6) is 0 Å². The van der Waals surface area contributed by atoms with E-state index in [0.717, 1.165) is 11.1 Å². The lowest BCUT2D eigenvalue weighted by Crippen LogP contribution is -2.28. The SMILES string of the molecule is Cc1c(Cl)cccc1NC(=O)Cn1cnc2c(C)cccc2c1=O. The van der Waals surface area contributed by atoms with E-state index in [1.807, 2.05) is 19.9 Å². The van der Waals surface area contributed by atoms with Gasteiger partial charge in [0, 0.05) is 10.7 Å². The number of aromatic nitrogens is 2. The van der Waals surface area contributed by atoms with E-state index in [2.05, 4.69) is 10.3 Å². The number of halogens is 1. The Kier molecular flexibility index (Phi) is 4.36. The number of nitrogens with one attached hydrogen (secondary N) is 1. The maximum atomic E-state index is 12.5. The molecule has 0 radical (unpaired) electrons. The highest BCUT2D eigenvalue weighted by molar-refractivity contribution is 6.31. The molecule has 0 saturated carbocycles. The van der Waals surface area contributed by atoms with E-state index in [1.54, 1.807) is 30.3 Å². The Morgan fingerprint density at radius 2 is 1.96 bits per heavy atom. The Labute approximate surface area is 143 Å². The minimum absolute atomic E-state index is 0.109. The predicted octanol–water partition coefficient (Wildman–Crippen LogP) is 3.31. The van der Waals surface area contributed by atoms with Gasteiger partial charge in [0.1, 0.15) is 6.54 Å². The van der Waals surface area contributed by atoms with Crippen LogP contribution in [0, 0.1) is 13.8 Å². The number of carbonyl (C=O) groups is 1. The van der Waals surface area contributed by atoms with Crippen molar-refractivity contribution in [2.24, 2.45) is 0 Å². The van der Waals surface area contributed by atoms with Crippen molar-refractivity contribution in [2.45, 2.75) is 20.4 Å². The topological polar surface area (TPSA) is 64.0 Å². The maximum absolute atomic E-state index is 12.5. The first-order chi connectivity index (χ1) is 11.5. The molecule has 0 aliphatic rings. The Bertz CT molecular complexity index is 995. The molecule has 0 aliphatic carbocycles. The highest BCUT2D eigenvalue weighted by Gasteiger charge is 2.11. The molecule has 1 aromatic heterocycles. The third-order valence-electron chi connectivity index (χ3n) is 3.91. The van der Waals surface area contributed by atoms with Gasteiger partial charge < -0.3 is 5.32 Å². The molecule has 0 saturated heterocycles. The van der Waals surface area contributed by atoms with Gasteiger partial charge in [-0.1, -0.05) is 29.8 Å². The van der Waals surface area contributed by atoms with Crippen molar-refractivity contribution in [2.75, 3.05) is 5.32 Å². The molecular formula is C18H16ClN3O2. The van der Waals surface area contributed by atoms with Crippen LogP contribution in [0.3, 0.4) is 0 Å². The molecule has 0 aliphatic heterocycles. The normalized spacial score (nSPS) is 10.8. The van der Waals surface area contributed by atoms with Gasteiger partial charge in [0.25, 0.3) is 5.56 Å². The van der Waals surface area contributed by atoms with Crippen molar-refractivity contribution in [3.8, 4) is 0 Å². The maximum Gasteiger partial charge on any atom is 0.261 e. The molecule has 0 spiro atoms. The van der Waals surface area contributed by atoms with Gasteiger partial charge in [-0.25, -0.2) is 4.98 Å². The summed E-state index contributed by atoms with van der Waals surface area (Å²) in [6.45, 7) is 3.61. The van der Waals surface area contributed by atoms with Gasteiger partial charge in [0.2, 0.25) is 5.91 Å². The summed E-state index contributed by atoms with van der Waals surface area (Å²) in [6, 6.07) is 10.7. The second-order valence-corrected chi connectivity index (χ2v) is 6.02. The van der Waals surface area contributed by atoms with Crippen LogP contribution >= 0.6 is 11.6 Å². The second kappa shape index (κ2) is 6.45. The minimum atomic E-state index is -0.309. The molecule has 3 rings (SSSR count). The lowest BCUT2D eigenvalue weighted by atomic mass is 10.1. The van der Waals surface area contributed by atoms with E-state index in [0.29, 0.717) is 21.6 Å². The molecule has 5 nitrogen and oxygen atoms in total. The summed E-state index contributed by atoms with van der Waals surface area (Å²) in [5.74, 6) is -0.309. The van der Waals surface area contributed by atoms with Crippen molar-refractivity contribution in [3.63, 3.8) is 0 Å². The van der Waals surface area contributed by atoms with E-state index >= 15 is 0 Å². The van der Waals surface area contributed by atoms with Crippen LogP contribution in [0.25, 0.3) is 10.9 Å². The number of carbonyl (C=O) groups excluding carboxylic acids is 1. The number of anilines is 1. The zero-order chi connectivity index (χ0) is 17.3. The van der Waals surface area contributed by atoms with Gasteiger partial charge in [-0.2, -0.15) is 0 Å². The number of hydrogen-bond donors (Lipinski definition) is 1. The molecule has 6 heteroatoms. The number of hydrogen-bond acceptors (Lipinski definition) is 3. The summed E-state index contributed by atoms with van der Waals surface area (Å²) in [5, 5.41) is 3.86. The molecule has 0 atom stereocenters. The average molecular weight is 342 g/mol. The van der Waals surface area contributed by atoms with Crippen molar-refractivity contribution >= 4 is 34.1 Å². The van der Waals surface area contributed by atoms with Crippen molar-refractivity contribution in [1.82, 2.24) is 9.55 Å². The highest BCUT2D eigenvalue weighted by atomic mass is 35.5. The van der Waals surface area contributed by atoms with Crippen molar-refractivity contribution in [3.05, 3.63) is 69.2 Å². The van der Waals surface area contributed by atoms with E-state index in [1.165, 1.54) is 10.9 Å². The molecule has 0 unspecified atom stereocenters. The smallest absolute Gasteiger partial charge is 0.261 e. The zero-order valence-corrected chi connectivity index (χ0v) is 14.1. The first kappa shape index (κ1) is 16.2. The fourth-order valence-electron chi connectivity index (χ4n) is 2.54. The van der Waals surface area contributed by atoms with Crippen LogP contribution in [-0.4, -0.2) is 15.5 Å². The highest BCUT2D eigenvalue weighted by Crippen LogP contribution is 2.22. The molecule has 122 valence electrons. The number of rotatable bonds is 3. The standard InChI is InChI=1S/C18H16ClN3O2/c1-11-5-3-6-13-17(11)20-10-22(18(13)24)9-16(23)21-15-8-4-7-14(19)12(15)2/h3-8,10H,9H2,1-2H3,(H,21,23). The van der Waals surface area contributed by atoms with Crippen LogP contribution in [0.15, 0.2) is 47.5 Å². The van der Waals surface area contributed by atoms with E-state index in [9.17, 15) is 9.59 Å². The summed E-state index contributed by atoms with van der Waals surface area (Å²) in [7, 11) is 0. The Balaban J connectivity index is 1.87. The van der Waals surface area contributed by atoms with Gasteiger partial charge in [-0.15, -0.1) is 0 Å². The molecule has 1 N–H and O–H groups in total. The molecular weight excluding hydrogens is 326 g/mol. The molecule has 0 bridgehead atoms. The first-order valence-corrected chi connectivity index (χ1v) is 7.85. The number of para-hydroxylation sites is 1. The van der Waals surface area contributed by atoms with Crippen molar-refractivity contribution in [1.29, 1.82) is 0 Å². The van der Waals surface area contributed by atoms with E-state index < -0.39 is 0 Å². The molecule has 1 amide bonds. The van der Waals surface area contributed by atoms with Crippen LogP contribution in [-0.2, 0) is 11.3 Å². The zero-order valence-electron chi connectivity index (χ0n) is 13.3. The van der Waals surface area contributed by atoms with Gasteiger partial charge in [0.15, 0.2) is 0 Å². The minimum Gasteiger partial charge on any atom is -0.324 e. The molecule has 3 aromatic rings. The summed E-state index contributed by atoms with van der Waals surface area (Å²) in [5.41, 5.74) is 2.76. The summed E-state index contributed by atoms with van der Waals surface area (Å²) in [6.07, 6.45) is 1.40. The number of amides is 1. The summed E-state index contributed by atoms with van der Waals surface area (Å²) >= 11 is 6.05. The summed E-state index contributed by atoms with van der Waals surface area (Å²) in [4.78, 5) is 29.1. The van der Waals surface area contributed by atoms with E-state index in [4.69, 9.17) is 11.6 Å². The molecule has 0 fully saturated rings. The Hall–Kier alpha value is -2.66. The average Bonchev–Trinajstić information content (AvgIpc) is 2.55. The van der Waals surface area contributed by atoms with Gasteiger partial charge in [-0.3, -0.25) is 14.2 Å². The second-order valence-electron chi connectivity index (χ2n) is 5.61. The lowest BCUT2D eigenvalue weighted by molar-refractivity contribution is -0.116. The third kappa shape index (κ3) is 3.03. The fourth-order valence-corrected chi connectivity index (χ4v) is 2.71. The number of benzene rings is 2. The fraction of sp³-hybridized carbons (Fsp3) is 0.167.